The largest absolute Gasteiger partial charge is 0.424 e. The van der Waals surface area contributed by atoms with Gasteiger partial charge in [0.15, 0.2) is 9.76 Å². The van der Waals surface area contributed by atoms with Crippen LogP contribution in [0.25, 0.3) is 0 Å². The van der Waals surface area contributed by atoms with E-state index < -0.39 is 0 Å². The van der Waals surface area contributed by atoms with Crippen LogP contribution in [-0.2, 0) is 4.43 Å². The standard InChI is InChI=1S/C6H17NOSi/c1-2-5-8-9-6-3-4-7/h2-7,9H2,1H3. The van der Waals surface area contributed by atoms with E-state index in [1.807, 2.05) is 0 Å². The lowest BCUT2D eigenvalue weighted by Crippen LogP contribution is -2.03. The van der Waals surface area contributed by atoms with Gasteiger partial charge in [-0.05, 0) is 25.4 Å². The predicted molar refractivity (Wildman–Crippen MR) is 43.3 cm³/mol. The van der Waals surface area contributed by atoms with E-state index in [4.69, 9.17) is 10.2 Å². The molecule has 0 aliphatic rings. The molecule has 3 heteroatoms. The summed E-state index contributed by atoms with van der Waals surface area (Å²) in [4.78, 5) is 0. The zero-order valence-corrected chi connectivity index (χ0v) is 7.64. The highest BCUT2D eigenvalue weighted by Crippen LogP contribution is 1.86. The number of hydrogen-bond donors (Lipinski definition) is 1. The fourth-order valence-electron chi connectivity index (χ4n) is 0.595. The lowest BCUT2D eigenvalue weighted by molar-refractivity contribution is 0.334. The molecule has 0 fully saturated rings. The zero-order chi connectivity index (χ0) is 6.95. The Morgan fingerprint density at radius 2 is 2.33 bits per heavy atom. The van der Waals surface area contributed by atoms with Crippen LogP contribution in [0.2, 0.25) is 6.04 Å². The molecule has 0 aromatic heterocycles. The van der Waals surface area contributed by atoms with Crippen molar-refractivity contribution in [3.8, 4) is 0 Å². The van der Waals surface area contributed by atoms with Crippen LogP contribution in [-0.4, -0.2) is 22.9 Å². The Bertz CT molecular complexity index is 46.3. The van der Waals surface area contributed by atoms with Crippen LogP contribution in [0.3, 0.4) is 0 Å². The van der Waals surface area contributed by atoms with Crippen molar-refractivity contribution < 1.29 is 4.43 Å². The van der Waals surface area contributed by atoms with Crippen LogP contribution in [0.4, 0.5) is 0 Å². The fourth-order valence-corrected chi connectivity index (χ4v) is 1.78. The molecule has 0 aromatic carbocycles. The lowest BCUT2D eigenvalue weighted by Gasteiger charge is -1.98. The van der Waals surface area contributed by atoms with Crippen molar-refractivity contribution in [3.63, 3.8) is 0 Å². The Morgan fingerprint density at radius 3 is 2.89 bits per heavy atom. The van der Waals surface area contributed by atoms with Gasteiger partial charge >= 0.3 is 0 Å². The first kappa shape index (κ1) is 9.14. The summed E-state index contributed by atoms with van der Waals surface area (Å²) in [6.45, 7) is 3.91. The Kier molecular flexibility index (Phi) is 8.26. The normalized spacial score (nSPS) is 11.3. The molecule has 2 nitrogen and oxygen atoms in total. The fraction of sp³-hybridized carbons (Fsp3) is 1.00. The van der Waals surface area contributed by atoms with Gasteiger partial charge in [-0.25, -0.2) is 0 Å². The second-order valence-corrected chi connectivity index (χ2v) is 3.63. The third-order valence-electron chi connectivity index (χ3n) is 1.09. The van der Waals surface area contributed by atoms with Crippen molar-refractivity contribution in [3.05, 3.63) is 0 Å². The zero-order valence-electron chi connectivity index (χ0n) is 6.23. The predicted octanol–water partition coefficient (Wildman–Crippen LogP) is 0.264. The summed E-state index contributed by atoms with van der Waals surface area (Å²) in [6, 6.07) is 1.25. The second-order valence-electron chi connectivity index (χ2n) is 2.11. The van der Waals surface area contributed by atoms with Crippen molar-refractivity contribution in [2.45, 2.75) is 25.8 Å². The van der Waals surface area contributed by atoms with Crippen LogP contribution >= 0.6 is 0 Å². The highest BCUT2D eigenvalue weighted by atomic mass is 28.2. The molecule has 0 spiro atoms. The molecule has 0 radical (unpaired) electrons. The Hall–Kier alpha value is 0.137. The van der Waals surface area contributed by atoms with Crippen molar-refractivity contribution in [1.82, 2.24) is 0 Å². The molecule has 0 bridgehead atoms. The molecule has 9 heavy (non-hydrogen) atoms. The van der Waals surface area contributed by atoms with Gasteiger partial charge in [-0.2, -0.15) is 0 Å². The van der Waals surface area contributed by atoms with Gasteiger partial charge in [-0.15, -0.1) is 0 Å². The number of rotatable bonds is 6. The smallest absolute Gasteiger partial charge is 0.161 e. The third kappa shape index (κ3) is 8.14. The van der Waals surface area contributed by atoms with E-state index in [-0.39, 0.29) is 9.76 Å². The molecule has 2 N–H and O–H groups in total. The molecule has 0 unspecified atom stereocenters. The van der Waals surface area contributed by atoms with Crippen LogP contribution in [0.1, 0.15) is 19.8 Å². The van der Waals surface area contributed by atoms with E-state index in [0.717, 1.165) is 26.0 Å². The van der Waals surface area contributed by atoms with Crippen molar-refractivity contribution in [2.75, 3.05) is 13.2 Å². The van der Waals surface area contributed by atoms with Gasteiger partial charge in [0.05, 0.1) is 0 Å². The molecule has 0 aromatic rings. The topological polar surface area (TPSA) is 35.2 Å². The van der Waals surface area contributed by atoms with Crippen LogP contribution < -0.4 is 5.73 Å². The summed E-state index contributed by atoms with van der Waals surface area (Å²) in [5.41, 5.74) is 5.31. The Labute approximate surface area is 59.7 Å². The van der Waals surface area contributed by atoms with E-state index in [1.165, 1.54) is 6.04 Å². The molecule has 0 atom stereocenters. The lowest BCUT2D eigenvalue weighted by atomic mass is 10.5. The summed E-state index contributed by atoms with van der Waals surface area (Å²) in [5, 5.41) is 0. The first-order valence-corrected chi connectivity index (χ1v) is 5.27. The van der Waals surface area contributed by atoms with Gasteiger partial charge in [0.2, 0.25) is 0 Å². The average Bonchev–Trinajstić information content (AvgIpc) is 1.89. The highest BCUT2D eigenvalue weighted by Gasteiger charge is 1.86. The van der Waals surface area contributed by atoms with E-state index in [1.54, 1.807) is 0 Å². The van der Waals surface area contributed by atoms with Gasteiger partial charge in [-0.3, -0.25) is 0 Å². The van der Waals surface area contributed by atoms with Gasteiger partial charge in [0, 0.05) is 6.61 Å². The summed E-state index contributed by atoms with van der Waals surface area (Å²) in [7, 11) is -0.191. The molecular weight excluding hydrogens is 130 g/mol. The molecule has 56 valence electrons. The Balaban J connectivity index is 2.60. The van der Waals surface area contributed by atoms with Gasteiger partial charge in [0.25, 0.3) is 0 Å². The first-order valence-electron chi connectivity index (χ1n) is 3.69. The summed E-state index contributed by atoms with van der Waals surface area (Å²) >= 11 is 0. The molecular formula is C6H17NOSi. The van der Waals surface area contributed by atoms with Gasteiger partial charge in [0.1, 0.15) is 0 Å². The van der Waals surface area contributed by atoms with Crippen molar-refractivity contribution >= 4 is 9.76 Å². The minimum absolute atomic E-state index is 0.191. The molecule has 0 saturated carbocycles. The SMILES string of the molecule is CCCO[SiH2]CCCN. The summed E-state index contributed by atoms with van der Waals surface area (Å²) < 4.78 is 5.37. The highest BCUT2D eigenvalue weighted by molar-refractivity contribution is 6.26. The van der Waals surface area contributed by atoms with Crippen LogP contribution in [0, 0.1) is 0 Å². The molecule has 0 amide bonds. The summed E-state index contributed by atoms with van der Waals surface area (Å²) in [5.74, 6) is 0. The van der Waals surface area contributed by atoms with Crippen molar-refractivity contribution in [1.29, 1.82) is 0 Å². The van der Waals surface area contributed by atoms with E-state index in [0.29, 0.717) is 0 Å². The molecule has 0 aliphatic heterocycles. The monoisotopic (exact) mass is 147 g/mol. The Morgan fingerprint density at radius 1 is 1.56 bits per heavy atom. The molecule has 0 rings (SSSR count). The molecule has 0 saturated heterocycles. The molecule has 0 aliphatic carbocycles. The first-order chi connectivity index (χ1) is 4.41. The van der Waals surface area contributed by atoms with Crippen LogP contribution in [0.15, 0.2) is 0 Å². The van der Waals surface area contributed by atoms with E-state index >= 15 is 0 Å². The summed E-state index contributed by atoms with van der Waals surface area (Å²) in [6.07, 6.45) is 2.30. The van der Waals surface area contributed by atoms with E-state index in [9.17, 15) is 0 Å². The van der Waals surface area contributed by atoms with Crippen molar-refractivity contribution in [2.24, 2.45) is 5.73 Å². The van der Waals surface area contributed by atoms with Gasteiger partial charge < -0.3 is 10.2 Å². The minimum Gasteiger partial charge on any atom is -0.424 e. The second kappa shape index (κ2) is 8.14. The quantitative estimate of drug-likeness (QED) is 0.432. The maximum absolute atomic E-state index is 5.37. The van der Waals surface area contributed by atoms with Gasteiger partial charge in [-0.1, -0.05) is 6.92 Å². The number of hydrogen-bond acceptors (Lipinski definition) is 2. The third-order valence-corrected chi connectivity index (χ3v) is 2.46. The minimum atomic E-state index is -0.191. The number of nitrogens with two attached hydrogens (primary N) is 1. The molecule has 0 heterocycles. The van der Waals surface area contributed by atoms with Crippen LogP contribution in [0.5, 0.6) is 0 Å². The van der Waals surface area contributed by atoms with E-state index in [2.05, 4.69) is 6.92 Å². The maximum atomic E-state index is 5.37. The maximum Gasteiger partial charge on any atom is 0.161 e. The average molecular weight is 147 g/mol.